The third-order valence-corrected chi connectivity index (χ3v) is 2.60. The van der Waals surface area contributed by atoms with Crippen LogP contribution in [0.5, 0.6) is 5.75 Å². The highest BCUT2D eigenvalue weighted by Crippen LogP contribution is 2.13. The molecule has 0 saturated carbocycles. The van der Waals surface area contributed by atoms with Crippen molar-refractivity contribution in [2.45, 2.75) is 6.54 Å². The number of ketones is 1. The largest absolute Gasteiger partial charge is 0.497 e. The molecule has 0 amide bonds. The van der Waals surface area contributed by atoms with Crippen LogP contribution < -0.4 is 10.3 Å². The van der Waals surface area contributed by atoms with Crippen LogP contribution in [0.3, 0.4) is 0 Å². The highest BCUT2D eigenvalue weighted by Gasteiger charge is 2.08. The third-order valence-electron chi connectivity index (χ3n) is 2.60. The van der Waals surface area contributed by atoms with Gasteiger partial charge in [0.2, 0.25) is 0 Å². The van der Waals surface area contributed by atoms with E-state index in [1.807, 2.05) is 0 Å². The molecule has 1 aromatic carbocycles. The smallest absolute Gasteiger partial charge is 0.250 e. The van der Waals surface area contributed by atoms with E-state index in [0.29, 0.717) is 11.3 Å². The molecule has 0 aliphatic heterocycles. The number of carbonyl (C=O) groups excluding carboxylic acids is 1. The molecule has 0 bridgehead atoms. The zero-order valence-electron chi connectivity index (χ0n) is 10.00. The molecule has 0 spiro atoms. The van der Waals surface area contributed by atoms with Crippen molar-refractivity contribution >= 4 is 5.78 Å². The van der Waals surface area contributed by atoms with E-state index in [1.165, 1.54) is 10.6 Å². The monoisotopic (exact) mass is 243 g/mol. The van der Waals surface area contributed by atoms with Crippen LogP contribution in [0.25, 0.3) is 0 Å². The van der Waals surface area contributed by atoms with E-state index in [2.05, 4.69) is 0 Å². The van der Waals surface area contributed by atoms with Crippen LogP contribution in [0.2, 0.25) is 0 Å². The lowest BCUT2D eigenvalue weighted by molar-refractivity contribution is 0.0970. The Morgan fingerprint density at radius 3 is 2.78 bits per heavy atom. The molecule has 0 saturated heterocycles. The van der Waals surface area contributed by atoms with Gasteiger partial charge in [0.1, 0.15) is 5.75 Å². The van der Waals surface area contributed by atoms with E-state index in [1.54, 1.807) is 49.7 Å². The van der Waals surface area contributed by atoms with E-state index in [9.17, 15) is 9.59 Å². The summed E-state index contributed by atoms with van der Waals surface area (Å²) in [5, 5.41) is 0. The summed E-state index contributed by atoms with van der Waals surface area (Å²) in [5.41, 5.74) is 0.346. The molecule has 2 aromatic rings. The van der Waals surface area contributed by atoms with Gasteiger partial charge in [-0.2, -0.15) is 0 Å². The fraction of sp³-hybridized carbons (Fsp3) is 0.143. The van der Waals surface area contributed by atoms with Gasteiger partial charge in [-0.15, -0.1) is 0 Å². The first-order chi connectivity index (χ1) is 8.70. The van der Waals surface area contributed by atoms with Gasteiger partial charge in [0.15, 0.2) is 5.78 Å². The molecule has 0 atom stereocenters. The SMILES string of the molecule is COc1cccc(C(=O)Cn2ccccc2=O)c1. The van der Waals surface area contributed by atoms with Crippen molar-refractivity contribution in [3.63, 3.8) is 0 Å². The molecule has 92 valence electrons. The number of ether oxygens (including phenoxy) is 1. The standard InChI is InChI=1S/C14H13NO3/c1-18-12-6-4-5-11(9-12)13(16)10-15-8-3-2-7-14(15)17/h2-9H,10H2,1H3. The average Bonchev–Trinajstić information content (AvgIpc) is 2.41. The Morgan fingerprint density at radius 2 is 2.06 bits per heavy atom. The van der Waals surface area contributed by atoms with Crippen LogP contribution in [-0.2, 0) is 6.54 Å². The van der Waals surface area contributed by atoms with E-state index in [0.717, 1.165) is 0 Å². The lowest BCUT2D eigenvalue weighted by Crippen LogP contribution is -2.22. The van der Waals surface area contributed by atoms with E-state index in [-0.39, 0.29) is 17.9 Å². The molecule has 0 aliphatic carbocycles. The normalized spacial score (nSPS) is 10.1. The number of methoxy groups -OCH3 is 1. The Kier molecular flexibility index (Phi) is 3.57. The van der Waals surface area contributed by atoms with Gasteiger partial charge in [0.25, 0.3) is 5.56 Å². The molecule has 2 rings (SSSR count). The van der Waals surface area contributed by atoms with Crippen molar-refractivity contribution in [3.05, 3.63) is 64.6 Å². The molecule has 4 heteroatoms. The first-order valence-corrected chi connectivity index (χ1v) is 5.53. The number of carbonyl (C=O) groups is 1. The zero-order valence-corrected chi connectivity index (χ0v) is 10.00. The second-order valence-corrected chi connectivity index (χ2v) is 3.82. The molecule has 0 radical (unpaired) electrons. The maximum absolute atomic E-state index is 12.0. The fourth-order valence-electron chi connectivity index (χ4n) is 1.63. The van der Waals surface area contributed by atoms with Crippen LogP contribution in [0.4, 0.5) is 0 Å². The van der Waals surface area contributed by atoms with Gasteiger partial charge in [0, 0.05) is 17.8 Å². The molecule has 0 aliphatic rings. The van der Waals surface area contributed by atoms with Crippen molar-refractivity contribution in [2.75, 3.05) is 7.11 Å². The molecule has 0 unspecified atom stereocenters. The lowest BCUT2D eigenvalue weighted by Gasteiger charge is -2.05. The minimum atomic E-state index is -0.186. The Balaban J connectivity index is 2.22. The van der Waals surface area contributed by atoms with Crippen LogP contribution in [0.1, 0.15) is 10.4 Å². The topological polar surface area (TPSA) is 48.3 Å². The molecule has 0 fully saturated rings. The van der Waals surface area contributed by atoms with Crippen LogP contribution in [0.15, 0.2) is 53.5 Å². The predicted octanol–water partition coefficient (Wildman–Crippen LogP) is 1.74. The van der Waals surface area contributed by atoms with Crippen LogP contribution in [-0.4, -0.2) is 17.5 Å². The number of hydrogen-bond acceptors (Lipinski definition) is 3. The van der Waals surface area contributed by atoms with E-state index in [4.69, 9.17) is 4.74 Å². The number of aromatic nitrogens is 1. The molecular weight excluding hydrogens is 230 g/mol. The van der Waals surface area contributed by atoms with Gasteiger partial charge in [-0.05, 0) is 18.2 Å². The summed E-state index contributed by atoms with van der Waals surface area (Å²) in [4.78, 5) is 23.5. The third kappa shape index (κ3) is 2.66. The van der Waals surface area contributed by atoms with Gasteiger partial charge >= 0.3 is 0 Å². The Hall–Kier alpha value is -2.36. The molecule has 1 aromatic heterocycles. The molecule has 1 heterocycles. The number of benzene rings is 1. The maximum Gasteiger partial charge on any atom is 0.250 e. The summed E-state index contributed by atoms with van der Waals surface area (Å²) in [7, 11) is 1.55. The summed E-state index contributed by atoms with van der Waals surface area (Å²) >= 11 is 0. The minimum absolute atomic E-state index is 0.0346. The average molecular weight is 243 g/mol. The van der Waals surface area contributed by atoms with Gasteiger partial charge in [-0.1, -0.05) is 18.2 Å². The number of Topliss-reactive ketones (excluding diaryl/α,β-unsaturated/α-hetero) is 1. The summed E-state index contributed by atoms with van der Waals surface area (Å²) in [6, 6.07) is 11.7. The van der Waals surface area contributed by atoms with Crippen molar-refractivity contribution < 1.29 is 9.53 Å². The second kappa shape index (κ2) is 5.31. The van der Waals surface area contributed by atoms with Gasteiger partial charge < -0.3 is 9.30 Å². The van der Waals surface area contributed by atoms with Crippen LogP contribution in [0, 0.1) is 0 Å². The van der Waals surface area contributed by atoms with Crippen molar-refractivity contribution in [2.24, 2.45) is 0 Å². The number of pyridine rings is 1. The first-order valence-electron chi connectivity index (χ1n) is 5.53. The summed E-state index contributed by atoms with van der Waals surface area (Å²) < 4.78 is 6.43. The highest BCUT2D eigenvalue weighted by molar-refractivity contribution is 5.96. The van der Waals surface area contributed by atoms with Crippen molar-refractivity contribution in [1.29, 1.82) is 0 Å². The Morgan fingerprint density at radius 1 is 1.22 bits per heavy atom. The van der Waals surface area contributed by atoms with E-state index >= 15 is 0 Å². The van der Waals surface area contributed by atoms with Gasteiger partial charge in [-0.3, -0.25) is 9.59 Å². The molecular formula is C14H13NO3. The first kappa shape index (κ1) is 12.1. The molecule has 18 heavy (non-hydrogen) atoms. The zero-order chi connectivity index (χ0) is 13.0. The van der Waals surface area contributed by atoms with Crippen molar-refractivity contribution in [1.82, 2.24) is 4.57 Å². The molecule has 4 nitrogen and oxygen atoms in total. The highest BCUT2D eigenvalue weighted by atomic mass is 16.5. The van der Waals surface area contributed by atoms with Crippen LogP contribution >= 0.6 is 0 Å². The molecule has 0 N–H and O–H groups in total. The summed E-state index contributed by atoms with van der Waals surface area (Å²) in [5.74, 6) is 0.503. The Bertz CT molecular complexity index is 616. The quantitative estimate of drug-likeness (QED) is 0.768. The van der Waals surface area contributed by atoms with E-state index < -0.39 is 0 Å². The predicted molar refractivity (Wildman–Crippen MR) is 68.0 cm³/mol. The lowest BCUT2D eigenvalue weighted by atomic mass is 10.1. The summed E-state index contributed by atoms with van der Waals surface area (Å²) in [6.07, 6.45) is 1.60. The van der Waals surface area contributed by atoms with Crippen molar-refractivity contribution in [3.8, 4) is 5.75 Å². The number of nitrogens with zero attached hydrogens (tertiary/aromatic N) is 1. The maximum atomic E-state index is 12.0. The minimum Gasteiger partial charge on any atom is -0.497 e. The van der Waals surface area contributed by atoms with Gasteiger partial charge in [-0.25, -0.2) is 0 Å². The van der Waals surface area contributed by atoms with Gasteiger partial charge in [0.05, 0.1) is 13.7 Å². The second-order valence-electron chi connectivity index (χ2n) is 3.82. The summed E-state index contributed by atoms with van der Waals surface area (Å²) in [6.45, 7) is 0.0346. The number of hydrogen-bond donors (Lipinski definition) is 0. The number of rotatable bonds is 4. The Labute approximate surface area is 104 Å². The fourth-order valence-corrected chi connectivity index (χ4v) is 1.63.